The van der Waals surface area contributed by atoms with Gasteiger partial charge in [0, 0.05) is 6.20 Å². The van der Waals surface area contributed by atoms with Gasteiger partial charge in [0.05, 0.1) is 18.2 Å². The average molecular weight is 256 g/mol. The fraction of sp³-hybridized carbons (Fsp3) is 0.143. The lowest BCUT2D eigenvalue weighted by Gasteiger charge is -2.00. The van der Waals surface area contributed by atoms with Crippen molar-refractivity contribution in [3.05, 3.63) is 59.6 Å². The molecule has 3 aromatic rings. The van der Waals surface area contributed by atoms with Crippen LogP contribution in [-0.4, -0.2) is 20.5 Å². The van der Waals surface area contributed by atoms with E-state index < -0.39 is 5.97 Å². The number of fused-ring (bicyclic) bond motifs is 1. The average Bonchev–Trinajstić information content (AvgIpc) is 2.97. The molecule has 3 aromatic heterocycles. The molecule has 96 valence electrons. The van der Waals surface area contributed by atoms with E-state index in [9.17, 15) is 9.90 Å². The van der Waals surface area contributed by atoms with Crippen LogP contribution < -0.4 is 0 Å². The molecule has 0 aromatic carbocycles. The molecule has 1 N–H and O–H groups in total. The Hall–Kier alpha value is -2.56. The highest BCUT2D eigenvalue weighted by Crippen LogP contribution is 2.18. The molecular weight excluding hydrogens is 244 g/mol. The SMILES string of the molecule is Cc1ccn2c(Cc3ccco3)nc(C(=O)O)c2c1. The van der Waals surface area contributed by atoms with Crippen LogP contribution in [0.5, 0.6) is 0 Å². The Balaban J connectivity index is 2.17. The number of pyridine rings is 1. The van der Waals surface area contributed by atoms with Gasteiger partial charge in [0.1, 0.15) is 11.6 Å². The Morgan fingerprint density at radius 1 is 1.47 bits per heavy atom. The zero-order valence-corrected chi connectivity index (χ0v) is 10.3. The van der Waals surface area contributed by atoms with Crippen LogP contribution >= 0.6 is 0 Å². The largest absolute Gasteiger partial charge is 0.476 e. The van der Waals surface area contributed by atoms with E-state index >= 15 is 0 Å². The van der Waals surface area contributed by atoms with Gasteiger partial charge in [-0.05, 0) is 36.8 Å². The number of aromatic carboxylic acids is 1. The summed E-state index contributed by atoms with van der Waals surface area (Å²) >= 11 is 0. The third kappa shape index (κ3) is 1.99. The van der Waals surface area contributed by atoms with Gasteiger partial charge in [-0.15, -0.1) is 0 Å². The molecule has 0 unspecified atom stereocenters. The fourth-order valence-electron chi connectivity index (χ4n) is 2.10. The second kappa shape index (κ2) is 4.28. The van der Waals surface area contributed by atoms with Crippen LogP contribution in [0.25, 0.3) is 5.52 Å². The molecule has 0 saturated carbocycles. The molecule has 0 radical (unpaired) electrons. The van der Waals surface area contributed by atoms with E-state index in [1.54, 1.807) is 16.7 Å². The lowest BCUT2D eigenvalue weighted by atomic mass is 10.2. The van der Waals surface area contributed by atoms with Crippen LogP contribution in [0.1, 0.15) is 27.6 Å². The molecule has 5 nitrogen and oxygen atoms in total. The standard InChI is InChI=1S/C14H12N2O3/c1-9-4-5-16-11(7-9)13(14(17)18)15-12(16)8-10-3-2-6-19-10/h2-7H,8H2,1H3,(H,17,18). The number of nitrogens with zero attached hydrogens (tertiary/aromatic N) is 2. The Morgan fingerprint density at radius 3 is 3.00 bits per heavy atom. The summed E-state index contributed by atoms with van der Waals surface area (Å²) in [7, 11) is 0. The summed E-state index contributed by atoms with van der Waals surface area (Å²) < 4.78 is 7.07. The first-order chi connectivity index (χ1) is 9.15. The van der Waals surface area contributed by atoms with E-state index in [0.29, 0.717) is 17.8 Å². The smallest absolute Gasteiger partial charge is 0.356 e. The first kappa shape index (κ1) is 11.5. The van der Waals surface area contributed by atoms with Crippen molar-refractivity contribution in [3.63, 3.8) is 0 Å². The van der Waals surface area contributed by atoms with Gasteiger partial charge >= 0.3 is 5.97 Å². The van der Waals surface area contributed by atoms with Crippen molar-refractivity contribution in [2.75, 3.05) is 0 Å². The second-order valence-electron chi connectivity index (χ2n) is 4.40. The zero-order chi connectivity index (χ0) is 13.4. The molecule has 0 bridgehead atoms. The summed E-state index contributed by atoms with van der Waals surface area (Å²) in [6.45, 7) is 1.92. The maximum absolute atomic E-state index is 11.2. The molecule has 3 heterocycles. The van der Waals surface area contributed by atoms with Gasteiger partial charge in [0.2, 0.25) is 0 Å². The maximum Gasteiger partial charge on any atom is 0.356 e. The van der Waals surface area contributed by atoms with Gasteiger partial charge in [-0.25, -0.2) is 9.78 Å². The third-order valence-corrected chi connectivity index (χ3v) is 2.99. The number of carbonyl (C=O) groups is 1. The Morgan fingerprint density at radius 2 is 2.32 bits per heavy atom. The Kier molecular flexibility index (Phi) is 2.59. The summed E-state index contributed by atoms with van der Waals surface area (Å²) in [5.41, 5.74) is 1.68. The van der Waals surface area contributed by atoms with Gasteiger partial charge < -0.3 is 13.9 Å². The van der Waals surface area contributed by atoms with Crippen molar-refractivity contribution in [3.8, 4) is 0 Å². The molecule has 0 aliphatic carbocycles. The monoisotopic (exact) mass is 256 g/mol. The molecule has 5 heteroatoms. The lowest BCUT2D eigenvalue weighted by Crippen LogP contribution is -1.97. The van der Waals surface area contributed by atoms with Crippen molar-refractivity contribution >= 4 is 11.5 Å². The van der Waals surface area contributed by atoms with Gasteiger partial charge in [-0.2, -0.15) is 0 Å². The van der Waals surface area contributed by atoms with E-state index in [0.717, 1.165) is 11.3 Å². The number of carboxylic acid groups (broad SMARTS) is 1. The van der Waals surface area contributed by atoms with E-state index in [-0.39, 0.29) is 5.69 Å². The molecule has 19 heavy (non-hydrogen) atoms. The van der Waals surface area contributed by atoms with E-state index in [4.69, 9.17) is 4.42 Å². The minimum atomic E-state index is -1.02. The maximum atomic E-state index is 11.2. The summed E-state index contributed by atoms with van der Waals surface area (Å²) in [5, 5.41) is 9.21. The Labute approximate surface area is 109 Å². The minimum absolute atomic E-state index is 0.0743. The first-order valence-electron chi connectivity index (χ1n) is 5.88. The highest BCUT2D eigenvalue weighted by atomic mass is 16.4. The van der Waals surface area contributed by atoms with Gasteiger partial charge in [0.25, 0.3) is 0 Å². The molecule has 0 spiro atoms. The van der Waals surface area contributed by atoms with Gasteiger partial charge in [0.15, 0.2) is 5.69 Å². The highest BCUT2D eigenvalue weighted by Gasteiger charge is 2.17. The van der Waals surface area contributed by atoms with E-state index in [2.05, 4.69) is 4.98 Å². The normalized spacial score (nSPS) is 11.0. The number of aryl methyl sites for hydroxylation is 1. The van der Waals surface area contributed by atoms with Crippen molar-refractivity contribution < 1.29 is 14.3 Å². The molecule has 0 aliphatic heterocycles. The molecule has 3 rings (SSSR count). The van der Waals surface area contributed by atoms with Crippen molar-refractivity contribution in [2.24, 2.45) is 0 Å². The summed E-state index contributed by atoms with van der Waals surface area (Å²) in [6.07, 6.45) is 3.89. The predicted octanol–water partition coefficient (Wildman–Crippen LogP) is 2.52. The summed E-state index contributed by atoms with van der Waals surface area (Å²) in [6, 6.07) is 7.39. The number of rotatable bonds is 3. The summed E-state index contributed by atoms with van der Waals surface area (Å²) in [4.78, 5) is 15.5. The number of carboxylic acids is 1. The van der Waals surface area contributed by atoms with Crippen LogP contribution in [0.4, 0.5) is 0 Å². The summed E-state index contributed by atoms with van der Waals surface area (Å²) in [5.74, 6) is 0.389. The van der Waals surface area contributed by atoms with Crippen molar-refractivity contribution in [2.45, 2.75) is 13.3 Å². The van der Waals surface area contributed by atoms with Crippen LogP contribution in [-0.2, 0) is 6.42 Å². The second-order valence-corrected chi connectivity index (χ2v) is 4.40. The number of hydrogen-bond donors (Lipinski definition) is 1. The Bertz CT molecular complexity index is 741. The number of hydrogen-bond acceptors (Lipinski definition) is 3. The van der Waals surface area contributed by atoms with E-state index in [1.165, 1.54) is 0 Å². The lowest BCUT2D eigenvalue weighted by molar-refractivity contribution is 0.0693. The fourth-order valence-corrected chi connectivity index (χ4v) is 2.10. The molecule has 0 amide bonds. The van der Waals surface area contributed by atoms with Crippen LogP contribution in [0, 0.1) is 6.92 Å². The predicted molar refractivity (Wildman–Crippen MR) is 68.4 cm³/mol. The molecule has 0 atom stereocenters. The molecule has 0 saturated heterocycles. The zero-order valence-electron chi connectivity index (χ0n) is 10.3. The number of imidazole rings is 1. The third-order valence-electron chi connectivity index (χ3n) is 2.99. The van der Waals surface area contributed by atoms with Gasteiger partial charge in [-0.1, -0.05) is 0 Å². The van der Waals surface area contributed by atoms with E-state index in [1.807, 2.05) is 31.3 Å². The van der Waals surface area contributed by atoms with Crippen LogP contribution in [0.3, 0.4) is 0 Å². The number of furan rings is 1. The first-order valence-corrected chi connectivity index (χ1v) is 5.88. The van der Waals surface area contributed by atoms with Crippen molar-refractivity contribution in [1.82, 2.24) is 9.38 Å². The molecule has 0 fully saturated rings. The van der Waals surface area contributed by atoms with Crippen molar-refractivity contribution in [1.29, 1.82) is 0 Å². The highest BCUT2D eigenvalue weighted by molar-refractivity contribution is 5.93. The minimum Gasteiger partial charge on any atom is -0.476 e. The molecular formula is C14H12N2O3. The topological polar surface area (TPSA) is 67.7 Å². The molecule has 0 aliphatic rings. The number of aromatic nitrogens is 2. The quantitative estimate of drug-likeness (QED) is 0.781. The van der Waals surface area contributed by atoms with Crippen LogP contribution in [0.2, 0.25) is 0 Å². The van der Waals surface area contributed by atoms with Gasteiger partial charge in [-0.3, -0.25) is 0 Å². The van der Waals surface area contributed by atoms with Crippen LogP contribution in [0.15, 0.2) is 41.1 Å².